The number of Topliss-reactive ketones (excluding diaryl/α,β-unsaturated/α-hetero) is 1. The molecule has 0 N–H and O–H groups in total. The molecule has 0 aliphatic carbocycles. The van der Waals surface area contributed by atoms with Crippen LogP contribution in [0.5, 0.6) is 5.75 Å². The number of hydrogen-bond acceptors (Lipinski definition) is 4. The Hall–Kier alpha value is -2.37. The normalized spacial score (nSPS) is 20.8. The minimum absolute atomic E-state index is 0.0571. The highest BCUT2D eigenvalue weighted by Crippen LogP contribution is 2.26. The van der Waals surface area contributed by atoms with E-state index in [1.807, 2.05) is 24.0 Å². The van der Waals surface area contributed by atoms with Gasteiger partial charge in [-0.05, 0) is 56.9 Å². The van der Waals surface area contributed by atoms with Gasteiger partial charge in [0.05, 0.1) is 6.04 Å². The van der Waals surface area contributed by atoms with Gasteiger partial charge in [-0.25, -0.2) is 0 Å². The van der Waals surface area contributed by atoms with Crippen molar-refractivity contribution in [3.63, 3.8) is 0 Å². The lowest BCUT2D eigenvalue weighted by molar-refractivity contribution is -0.130. The Morgan fingerprint density at radius 3 is 2.32 bits per heavy atom. The zero-order valence-electron chi connectivity index (χ0n) is 17.1. The molecular formula is C22H30N2O4. The van der Waals surface area contributed by atoms with E-state index in [0.717, 1.165) is 56.5 Å². The number of ether oxygens (including phenoxy) is 1. The molecular weight excluding hydrogens is 356 g/mol. The summed E-state index contributed by atoms with van der Waals surface area (Å²) < 4.78 is 6.14. The lowest BCUT2D eigenvalue weighted by Gasteiger charge is -2.34. The monoisotopic (exact) mass is 386 g/mol. The highest BCUT2D eigenvalue weighted by Gasteiger charge is 2.30. The van der Waals surface area contributed by atoms with Gasteiger partial charge in [0, 0.05) is 45.0 Å². The quantitative estimate of drug-likeness (QED) is 0.798. The first-order valence-electron chi connectivity index (χ1n) is 10.2. The van der Waals surface area contributed by atoms with Crippen molar-refractivity contribution in [1.82, 2.24) is 9.80 Å². The van der Waals surface area contributed by atoms with Crippen LogP contribution in [-0.2, 0) is 9.59 Å². The highest BCUT2D eigenvalue weighted by atomic mass is 16.5. The maximum atomic E-state index is 13.0. The fraction of sp³-hybridized carbons (Fsp3) is 0.591. The summed E-state index contributed by atoms with van der Waals surface area (Å²) in [4.78, 5) is 39.9. The average molecular weight is 386 g/mol. The average Bonchev–Trinajstić information content (AvgIpc) is 2.69. The predicted octanol–water partition coefficient (Wildman–Crippen LogP) is 2.97. The summed E-state index contributed by atoms with van der Waals surface area (Å²) in [7, 11) is 0. The van der Waals surface area contributed by atoms with E-state index >= 15 is 0 Å². The molecule has 2 fully saturated rings. The minimum atomic E-state index is -0.302. The Kier molecular flexibility index (Phi) is 6.37. The van der Waals surface area contributed by atoms with Crippen molar-refractivity contribution < 1.29 is 19.1 Å². The van der Waals surface area contributed by atoms with Gasteiger partial charge in [-0.1, -0.05) is 0 Å². The molecule has 2 aliphatic rings. The summed E-state index contributed by atoms with van der Waals surface area (Å²) in [6.07, 6.45) is 4.39. The lowest BCUT2D eigenvalue weighted by Crippen LogP contribution is -2.47. The van der Waals surface area contributed by atoms with E-state index in [2.05, 4.69) is 0 Å². The summed E-state index contributed by atoms with van der Waals surface area (Å²) in [5.41, 5.74) is 1.51. The van der Waals surface area contributed by atoms with E-state index in [-0.39, 0.29) is 29.7 Å². The SMILES string of the molecule is CC(=O)C1CCCCN1C(=O)c1ccc(OC2CCN(C(C)=O)CC2)c(C)c1. The Balaban J connectivity index is 1.66. The molecule has 0 bridgehead atoms. The molecule has 0 saturated carbocycles. The molecule has 0 radical (unpaired) electrons. The number of hydrogen-bond donors (Lipinski definition) is 0. The Morgan fingerprint density at radius 1 is 1.00 bits per heavy atom. The van der Waals surface area contributed by atoms with E-state index in [0.29, 0.717) is 12.1 Å². The van der Waals surface area contributed by atoms with Crippen LogP contribution < -0.4 is 4.74 Å². The van der Waals surface area contributed by atoms with Crippen LogP contribution in [0.1, 0.15) is 61.9 Å². The zero-order chi connectivity index (χ0) is 20.3. The summed E-state index contributed by atoms with van der Waals surface area (Å²) in [6, 6.07) is 5.20. The molecule has 28 heavy (non-hydrogen) atoms. The van der Waals surface area contributed by atoms with E-state index in [1.54, 1.807) is 24.8 Å². The van der Waals surface area contributed by atoms with Gasteiger partial charge in [-0.15, -0.1) is 0 Å². The molecule has 2 aliphatic heterocycles. The van der Waals surface area contributed by atoms with Crippen molar-refractivity contribution >= 4 is 17.6 Å². The van der Waals surface area contributed by atoms with Crippen LogP contribution in [0.25, 0.3) is 0 Å². The number of amides is 2. The van der Waals surface area contributed by atoms with E-state index in [4.69, 9.17) is 4.74 Å². The largest absolute Gasteiger partial charge is 0.490 e. The molecule has 1 aromatic carbocycles. The molecule has 0 spiro atoms. The number of carbonyl (C=O) groups is 3. The number of carbonyl (C=O) groups excluding carboxylic acids is 3. The van der Waals surface area contributed by atoms with Crippen LogP contribution >= 0.6 is 0 Å². The van der Waals surface area contributed by atoms with Crippen molar-refractivity contribution in [2.75, 3.05) is 19.6 Å². The third-order valence-corrected chi connectivity index (χ3v) is 5.84. The van der Waals surface area contributed by atoms with Crippen LogP contribution in [0, 0.1) is 6.92 Å². The molecule has 6 heteroatoms. The van der Waals surface area contributed by atoms with E-state index in [1.165, 1.54) is 0 Å². The first-order valence-corrected chi connectivity index (χ1v) is 10.2. The molecule has 0 aromatic heterocycles. The fourth-order valence-electron chi connectivity index (χ4n) is 4.15. The minimum Gasteiger partial charge on any atom is -0.490 e. The van der Waals surface area contributed by atoms with Gasteiger partial charge in [-0.3, -0.25) is 14.4 Å². The molecule has 1 aromatic rings. The van der Waals surface area contributed by atoms with Crippen LogP contribution in [0.15, 0.2) is 18.2 Å². The van der Waals surface area contributed by atoms with Gasteiger partial charge in [0.1, 0.15) is 11.9 Å². The zero-order valence-corrected chi connectivity index (χ0v) is 17.1. The van der Waals surface area contributed by atoms with Crippen molar-refractivity contribution in [3.8, 4) is 5.75 Å². The van der Waals surface area contributed by atoms with Crippen LogP contribution in [0.2, 0.25) is 0 Å². The second-order valence-corrected chi connectivity index (χ2v) is 7.92. The first kappa shape index (κ1) is 20.4. The molecule has 1 unspecified atom stereocenters. The maximum Gasteiger partial charge on any atom is 0.254 e. The number of nitrogens with zero attached hydrogens (tertiary/aromatic N) is 2. The lowest BCUT2D eigenvalue weighted by atomic mass is 9.97. The van der Waals surface area contributed by atoms with Gasteiger partial charge in [0.15, 0.2) is 5.78 Å². The van der Waals surface area contributed by atoms with Gasteiger partial charge in [-0.2, -0.15) is 0 Å². The Labute approximate surface area is 166 Å². The van der Waals surface area contributed by atoms with Gasteiger partial charge >= 0.3 is 0 Å². The van der Waals surface area contributed by atoms with Gasteiger partial charge in [0.25, 0.3) is 5.91 Å². The summed E-state index contributed by atoms with van der Waals surface area (Å²) >= 11 is 0. The molecule has 2 amide bonds. The van der Waals surface area contributed by atoms with Crippen molar-refractivity contribution in [2.45, 2.75) is 65.0 Å². The fourth-order valence-corrected chi connectivity index (χ4v) is 4.15. The standard InChI is InChI=1S/C22H30N2O4/c1-15-14-18(22(27)24-11-5-4-6-20(24)16(2)25)7-8-21(15)28-19-9-12-23(13-10-19)17(3)26/h7-8,14,19-20H,4-6,9-13H2,1-3H3. The van der Waals surface area contributed by atoms with Gasteiger partial charge < -0.3 is 14.5 Å². The van der Waals surface area contributed by atoms with E-state index in [9.17, 15) is 14.4 Å². The summed E-state index contributed by atoms with van der Waals surface area (Å²) in [5, 5.41) is 0. The summed E-state index contributed by atoms with van der Waals surface area (Å²) in [5.74, 6) is 0.865. The second-order valence-electron chi connectivity index (χ2n) is 7.92. The third kappa shape index (κ3) is 4.54. The first-order chi connectivity index (χ1) is 13.4. The van der Waals surface area contributed by atoms with Crippen LogP contribution in [0.3, 0.4) is 0 Å². The van der Waals surface area contributed by atoms with Crippen molar-refractivity contribution in [2.24, 2.45) is 0 Å². The van der Waals surface area contributed by atoms with Crippen LogP contribution in [-0.4, -0.2) is 59.2 Å². The maximum absolute atomic E-state index is 13.0. The Morgan fingerprint density at radius 2 is 1.71 bits per heavy atom. The molecule has 6 nitrogen and oxygen atoms in total. The number of piperidine rings is 2. The molecule has 2 heterocycles. The number of ketones is 1. The van der Waals surface area contributed by atoms with Gasteiger partial charge in [0.2, 0.25) is 5.91 Å². The number of likely N-dealkylation sites (tertiary alicyclic amines) is 2. The van der Waals surface area contributed by atoms with Crippen LogP contribution in [0.4, 0.5) is 0 Å². The van der Waals surface area contributed by atoms with E-state index < -0.39 is 0 Å². The Bertz CT molecular complexity index is 753. The number of aryl methyl sites for hydroxylation is 1. The molecule has 2 saturated heterocycles. The van der Waals surface area contributed by atoms with Crippen molar-refractivity contribution in [1.29, 1.82) is 0 Å². The second kappa shape index (κ2) is 8.76. The highest BCUT2D eigenvalue weighted by molar-refractivity contribution is 5.98. The third-order valence-electron chi connectivity index (χ3n) is 5.84. The predicted molar refractivity (Wildman–Crippen MR) is 106 cm³/mol. The molecule has 152 valence electrons. The summed E-state index contributed by atoms with van der Waals surface area (Å²) in [6.45, 7) is 7.18. The number of benzene rings is 1. The van der Waals surface area contributed by atoms with Crippen molar-refractivity contribution in [3.05, 3.63) is 29.3 Å². The molecule has 1 atom stereocenters. The topological polar surface area (TPSA) is 66.9 Å². The molecule has 3 rings (SSSR count). The number of rotatable bonds is 4. The smallest absolute Gasteiger partial charge is 0.254 e.